The highest BCUT2D eigenvalue weighted by molar-refractivity contribution is 5.81. The van der Waals surface area contributed by atoms with Crippen LogP contribution < -0.4 is 20.1 Å². The summed E-state index contributed by atoms with van der Waals surface area (Å²) in [5.74, 6) is 1.40. The summed E-state index contributed by atoms with van der Waals surface area (Å²) >= 11 is 0. The smallest absolute Gasteiger partial charge is 0.239 e. The van der Waals surface area contributed by atoms with Gasteiger partial charge in [0.25, 0.3) is 0 Å². The van der Waals surface area contributed by atoms with Crippen molar-refractivity contribution in [2.75, 3.05) is 25.6 Å². The number of carbonyl (C=O) groups is 1. The molecule has 0 saturated carbocycles. The Kier molecular flexibility index (Phi) is 6.89. The van der Waals surface area contributed by atoms with Gasteiger partial charge in [-0.3, -0.25) is 4.79 Å². The van der Waals surface area contributed by atoms with E-state index >= 15 is 0 Å². The fraction of sp³-hybridized carbons (Fsp3) is 0.250. The summed E-state index contributed by atoms with van der Waals surface area (Å²) in [4.78, 5) is 12.0. The molecule has 1 amide bonds. The van der Waals surface area contributed by atoms with Crippen LogP contribution in [0.3, 0.4) is 0 Å². The number of carbonyl (C=O) groups excluding carboxylic acids is 1. The molecule has 0 heterocycles. The molecule has 0 aromatic heterocycles. The van der Waals surface area contributed by atoms with Gasteiger partial charge in [0.15, 0.2) is 0 Å². The van der Waals surface area contributed by atoms with Crippen molar-refractivity contribution in [1.82, 2.24) is 5.32 Å². The summed E-state index contributed by atoms with van der Waals surface area (Å²) in [7, 11) is 1.63. The molecule has 0 radical (unpaired) electrons. The maximum Gasteiger partial charge on any atom is 0.239 e. The van der Waals surface area contributed by atoms with Gasteiger partial charge in [-0.15, -0.1) is 0 Å². The minimum atomic E-state index is -0.0921. The van der Waals surface area contributed by atoms with E-state index in [1.807, 2.05) is 55.5 Å². The van der Waals surface area contributed by atoms with Crippen molar-refractivity contribution in [1.29, 1.82) is 0 Å². The lowest BCUT2D eigenvalue weighted by molar-refractivity contribution is -0.119. The van der Waals surface area contributed by atoms with Gasteiger partial charge in [0.2, 0.25) is 5.91 Å². The fourth-order valence-corrected chi connectivity index (χ4v) is 2.12. The Bertz CT molecular complexity index is 711. The highest BCUT2D eigenvalue weighted by Gasteiger charge is 2.06. The van der Waals surface area contributed by atoms with E-state index in [0.29, 0.717) is 18.9 Å². The van der Waals surface area contributed by atoms with Crippen molar-refractivity contribution in [2.45, 2.75) is 13.5 Å². The van der Waals surface area contributed by atoms with Gasteiger partial charge in [-0.1, -0.05) is 30.8 Å². The summed E-state index contributed by atoms with van der Waals surface area (Å²) in [5.41, 5.74) is 2.73. The average molecular weight is 340 g/mol. The molecule has 5 heteroatoms. The third kappa shape index (κ3) is 6.22. The predicted octanol–water partition coefficient (Wildman–Crippen LogP) is 3.38. The molecule has 2 N–H and O–H groups in total. The third-order valence-corrected chi connectivity index (χ3v) is 3.45. The first-order chi connectivity index (χ1) is 12.1. The first-order valence-electron chi connectivity index (χ1n) is 8.08. The molecule has 0 bridgehead atoms. The lowest BCUT2D eigenvalue weighted by atomic mass is 10.2. The van der Waals surface area contributed by atoms with Gasteiger partial charge in [0.05, 0.1) is 19.3 Å². The molecule has 2 aromatic carbocycles. The lowest BCUT2D eigenvalue weighted by Gasteiger charge is -2.13. The van der Waals surface area contributed by atoms with Gasteiger partial charge < -0.3 is 20.1 Å². The molecule has 0 saturated heterocycles. The second kappa shape index (κ2) is 9.37. The molecule has 0 spiro atoms. The Morgan fingerprint density at radius 3 is 2.52 bits per heavy atom. The van der Waals surface area contributed by atoms with Crippen LogP contribution in [0.15, 0.2) is 60.7 Å². The first kappa shape index (κ1) is 18.4. The van der Waals surface area contributed by atoms with Crippen LogP contribution in [-0.4, -0.2) is 26.2 Å². The van der Waals surface area contributed by atoms with Crippen molar-refractivity contribution < 1.29 is 14.3 Å². The number of nitrogens with one attached hydrogen (secondary N) is 2. The number of para-hydroxylation sites is 2. The minimum absolute atomic E-state index is 0.0921. The highest BCUT2D eigenvalue weighted by Crippen LogP contribution is 2.23. The summed E-state index contributed by atoms with van der Waals surface area (Å²) in [5, 5.41) is 5.98. The van der Waals surface area contributed by atoms with Crippen molar-refractivity contribution in [3.63, 3.8) is 0 Å². The van der Waals surface area contributed by atoms with Crippen LogP contribution in [0.5, 0.6) is 11.5 Å². The molecule has 0 unspecified atom stereocenters. The van der Waals surface area contributed by atoms with Gasteiger partial charge in [0.1, 0.15) is 18.1 Å². The summed E-state index contributed by atoms with van der Waals surface area (Å²) in [6.45, 7) is 6.81. The molecule has 2 aromatic rings. The largest absolute Gasteiger partial charge is 0.497 e. The number of ether oxygens (including phenoxy) is 2. The number of hydrogen-bond donors (Lipinski definition) is 2. The Morgan fingerprint density at radius 2 is 1.84 bits per heavy atom. The van der Waals surface area contributed by atoms with Crippen LogP contribution in [0.1, 0.15) is 12.5 Å². The van der Waals surface area contributed by atoms with Gasteiger partial charge in [-0.05, 0) is 42.3 Å². The lowest BCUT2D eigenvalue weighted by Crippen LogP contribution is -2.29. The molecular weight excluding hydrogens is 316 g/mol. The second-order valence-corrected chi connectivity index (χ2v) is 5.72. The topological polar surface area (TPSA) is 59.6 Å². The first-order valence-corrected chi connectivity index (χ1v) is 8.08. The van der Waals surface area contributed by atoms with E-state index in [2.05, 4.69) is 17.2 Å². The Balaban J connectivity index is 1.82. The molecule has 0 fully saturated rings. The van der Waals surface area contributed by atoms with Gasteiger partial charge in [0, 0.05) is 6.54 Å². The van der Waals surface area contributed by atoms with Gasteiger partial charge in [-0.25, -0.2) is 0 Å². The van der Waals surface area contributed by atoms with E-state index in [0.717, 1.165) is 22.6 Å². The zero-order chi connectivity index (χ0) is 18.1. The summed E-state index contributed by atoms with van der Waals surface area (Å²) in [6, 6.07) is 15.1. The van der Waals surface area contributed by atoms with Crippen LogP contribution in [0.2, 0.25) is 0 Å². The van der Waals surface area contributed by atoms with Crippen LogP contribution in [-0.2, 0) is 11.3 Å². The van der Waals surface area contributed by atoms with E-state index in [-0.39, 0.29) is 12.5 Å². The number of amides is 1. The Labute approximate surface area is 148 Å². The number of methoxy groups -OCH3 is 1. The van der Waals surface area contributed by atoms with Crippen LogP contribution in [0, 0.1) is 0 Å². The second-order valence-electron chi connectivity index (χ2n) is 5.72. The third-order valence-electron chi connectivity index (χ3n) is 3.45. The fourth-order valence-electron chi connectivity index (χ4n) is 2.12. The van der Waals surface area contributed by atoms with Gasteiger partial charge in [-0.2, -0.15) is 0 Å². The standard InChI is InChI=1S/C20H24N2O3/c1-15(2)14-25-19-7-5-4-6-18(19)21-13-20(23)22-12-16-8-10-17(24-3)11-9-16/h4-11,21H,1,12-14H2,2-3H3,(H,22,23). The zero-order valence-corrected chi connectivity index (χ0v) is 14.7. The van der Waals surface area contributed by atoms with E-state index in [9.17, 15) is 4.79 Å². The van der Waals surface area contributed by atoms with E-state index in [1.54, 1.807) is 7.11 Å². The number of rotatable bonds is 9. The molecule has 0 atom stereocenters. The van der Waals surface area contributed by atoms with Gasteiger partial charge >= 0.3 is 0 Å². The predicted molar refractivity (Wildman–Crippen MR) is 100 cm³/mol. The average Bonchev–Trinajstić information content (AvgIpc) is 2.64. The summed E-state index contributed by atoms with van der Waals surface area (Å²) < 4.78 is 10.8. The molecule has 132 valence electrons. The van der Waals surface area contributed by atoms with Crippen LogP contribution in [0.4, 0.5) is 5.69 Å². The van der Waals surface area contributed by atoms with E-state index < -0.39 is 0 Å². The highest BCUT2D eigenvalue weighted by atomic mass is 16.5. The van der Waals surface area contributed by atoms with E-state index in [4.69, 9.17) is 9.47 Å². The normalized spacial score (nSPS) is 10.0. The monoisotopic (exact) mass is 340 g/mol. The maximum atomic E-state index is 12.0. The van der Waals surface area contributed by atoms with Crippen LogP contribution in [0.25, 0.3) is 0 Å². The molecular formula is C20H24N2O3. The number of hydrogen-bond acceptors (Lipinski definition) is 4. The molecule has 0 aliphatic carbocycles. The number of anilines is 1. The van der Waals surface area contributed by atoms with Crippen molar-refractivity contribution in [2.24, 2.45) is 0 Å². The maximum absolute atomic E-state index is 12.0. The molecule has 0 aliphatic rings. The van der Waals surface area contributed by atoms with E-state index in [1.165, 1.54) is 0 Å². The van der Waals surface area contributed by atoms with Crippen molar-refractivity contribution in [3.05, 3.63) is 66.2 Å². The summed E-state index contributed by atoms with van der Waals surface area (Å²) in [6.07, 6.45) is 0. The quantitative estimate of drug-likeness (QED) is 0.687. The minimum Gasteiger partial charge on any atom is -0.497 e. The Morgan fingerprint density at radius 1 is 1.12 bits per heavy atom. The van der Waals surface area contributed by atoms with Crippen molar-refractivity contribution in [3.8, 4) is 11.5 Å². The number of benzene rings is 2. The molecule has 0 aliphatic heterocycles. The SMILES string of the molecule is C=C(C)COc1ccccc1NCC(=O)NCc1ccc(OC)cc1. The van der Waals surface area contributed by atoms with Crippen LogP contribution >= 0.6 is 0 Å². The Hall–Kier alpha value is -2.95. The molecule has 5 nitrogen and oxygen atoms in total. The molecule has 2 rings (SSSR count). The zero-order valence-electron chi connectivity index (χ0n) is 14.7. The molecule has 25 heavy (non-hydrogen) atoms. The van der Waals surface area contributed by atoms with Crippen molar-refractivity contribution >= 4 is 11.6 Å².